The molecule has 94 valence electrons. The van der Waals surface area contributed by atoms with E-state index >= 15 is 0 Å². The second-order valence-corrected chi connectivity index (χ2v) is 4.35. The van der Waals surface area contributed by atoms with Crippen LogP contribution in [0.4, 0.5) is 5.69 Å². The summed E-state index contributed by atoms with van der Waals surface area (Å²) >= 11 is 1.52. The molecule has 17 heavy (non-hydrogen) atoms. The van der Waals surface area contributed by atoms with Gasteiger partial charge in [0.2, 0.25) is 0 Å². The number of nitrogens with zero attached hydrogens (tertiary/aromatic N) is 1. The monoisotopic (exact) mass is 254 g/mol. The number of carbonyl (C=O) groups is 1. The van der Waals surface area contributed by atoms with E-state index in [1.165, 1.54) is 11.8 Å². The minimum absolute atomic E-state index is 0.166. The number of hydrogen-bond donors (Lipinski definition) is 1. The number of pyridine rings is 1. The Labute approximate surface area is 106 Å². The first-order valence-electron chi connectivity index (χ1n) is 5.68. The van der Waals surface area contributed by atoms with E-state index in [0.717, 1.165) is 23.7 Å². The average molecular weight is 254 g/mol. The Kier molecular flexibility index (Phi) is 6.47. The molecule has 0 aliphatic heterocycles. The number of nitrogens with one attached hydrogen (secondary N) is 1. The van der Waals surface area contributed by atoms with E-state index in [1.807, 2.05) is 19.1 Å². The Morgan fingerprint density at radius 3 is 3.06 bits per heavy atom. The van der Waals surface area contributed by atoms with Crippen LogP contribution in [-0.2, 0) is 15.3 Å². The first-order valence-corrected chi connectivity index (χ1v) is 6.84. The zero-order chi connectivity index (χ0) is 12.5. The van der Waals surface area contributed by atoms with Crippen LogP contribution >= 0.6 is 11.8 Å². The number of aromatic nitrogens is 1. The maximum Gasteiger partial charge on any atom is 0.315 e. The highest BCUT2D eigenvalue weighted by atomic mass is 32.2. The van der Waals surface area contributed by atoms with Crippen LogP contribution in [0.15, 0.2) is 18.3 Å². The van der Waals surface area contributed by atoms with Crippen LogP contribution in [0.5, 0.6) is 0 Å². The summed E-state index contributed by atoms with van der Waals surface area (Å²) in [5, 5.41) is 3.23. The summed E-state index contributed by atoms with van der Waals surface area (Å²) in [6, 6.07) is 3.94. The van der Waals surface area contributed by atoms with E-state index in [9.17, 15) is 4.79 Å². The fourth-order valence-electron chi connectivity index (χ4n) is 1.31. The molecule has 0 saturated carbocycles. The van der Waals surface area contributed by atoms with Crippen molar-refractivity contribution in [3.63, 3.8) is 0 Å². The Morgan fingerprint density at radius 1 is 1.53 bits per heavy atom. The van der Waals surface area contributed by atoms with Gasteiger partial charge in [0.1, 0.15) is 0 Å². The Balaban J connectivity index is 2.35. The average Bonchev–Trinajstić information content (AvgIpc) is 2.30. The lowest BCUT2D eigenvalue weighted by atomic mass is 10.3. The second kappa shape index (κ2) is 7.95. The van der Waals surface area contributed by atoms with Gasteiger partial charge < -0.3 is 10.1 Å². The van der Waals surface area contributed by atoms with Gasteiger partial charge in [-0.05, 0) is 26.0 Å². The van der Waals surface area contributed by atoms with Crippen LogP contribution < -0.4 is 5.32 Å². The molecule has 0 spiro atoms. The van der Waals surface area contributed by atoms with Gasteiger partial charge in [0.05, 0.1) is 18.1 Å². The maximum atomic E-state index is 11.1. The molecule has 5 heteroatoms. The number of esters is 1. The molecule has 0 aromatic carbocycles. The van der Waals surface area contributed by atoms with Crippen molar-refractivity contribution in [3.8, 4) is 0 Å². The second-order valence-electron chi connectivity index (χ2n) is 3.36. The summed E-state index contributed by atoms with van der Waals surface area (Å²) in [5.41, 5.74) is 2.03. The van der Waals surface area contributed by atoms with Crippen LogP contribution in [-0.4, -0.2) is 29.9 Å². The number of anilines is 1. The predicted octanol–water partition coefficient (Wildman–Crippen LogP) is 2.31. The van der Waals surface area contributed by atoms with Crippen LogP contribution in [0, 0.1) is 0 Å². The zero-order valence-corrected chi connectivity index (χ0v) is 11.0. The van der Waals surface area contributed by atoms with Crippen LogP contribution in [0.25, 0.3) is 0 Å². The van der Waals surface area contributed by atoms with Crippen molar-refractivity contribution in [2.24, 2.45) is 0 Å². The van der Waals surface area contributed by atoms with Gasteiger partial charge in [0.25, 0.3) is 0 Å². The topological polar surface area (TPSA) is 51.2 Å². The molecule has 0 amide bonds. The predicted molar refractivity (Wildman–Crippen MR) is 71.2 cm³/mol. The quantitative estimate of drug-likeness (QED) is 0.757. The molecule has 0 radical (unpaired) electrons. The lowest BCUT2D eigenvalue weighted by Gasteiger charge is -2.05. The summed E-state index contributed by atoms with van der Waals surface area (Å²) in [5.74, 6) is 0.930. The minimum atomic E-state index is -0.166. The number of carbonyl (C=O) groups excluding carboxylic acids is 1. The lowest BCUT2D eigenvalue weighted by molar-refractivity contribution is -0.139. The standard InChI is InChI=1S/C12H18N2O2S/c1-3-13-10-5-6-14-11(7-10)8-17-9-12(15)16-4-2/h5-7H,3-4,8-9H2,1-2H3,(H,13,14). The maximum absolute atomic E-state index is 11.1. The van der Waals surface area contributed by atoms with Gasteiger partial charge in [-0.1, -0.05) is 0 Å². The van der Waals surface area contributed by atoms with Crippen LogP contribution in [0.3, 0.4) is 0 Å². The van der Waals surface area contributed by atoms with Gasteiger partial charge in [-0.3, -0.25) is 9.78 Å². The van der Waals surface area contributed by atoms with Gasteiger partial charge in [-0.2, -0.15) is 0 Å². The molecule has 1 aromatic rings. The Hall–Kier alpha value is -1.23. The summed E-state index contributed by atoms with van der Waals surface area (Å²) in [6.45, 7) is 5.19. The van der Waals surface area contributed by atoms with Crippen molar-refractivity contribution in [3.05, 3.63) is 24.0 Å². The molecule has 1 N–H and O–H groups in total. The molecular weight excluding hydrogens is 236 g/mol. The number of thioether (sulfide) groups is 1. The molecular formula is C12H18N2O2S. The van der Waals surface area contributed by atoms with Gasteiger partial charge in [0, 0.05) is 24.2 Å². The normalized spacial score (nSPS) is 10.0. The van der Waals surface area contributed by atoms with Crippen molar-refractivity contribution in [2.45, 2.75) is 19.6 Å². The minimum Gasteiger partial charge on any atom is -0.465 e. The highest BCUT2D eigenvalue weighted by Crippen LogP contribution is 2.14. The molecule has 4 nitrogen and oxygen atoms in total. The fourth-order valence-corrected chi connectivity index (χ4v) is 2.03. The molecule has 0 aliphatic carbocycles. The molecule has 0 saturated heterocycles. The lowest BCUT2D eigenvalue weighted by Crippen LogP contribution is -2.07. The summed E-state index contributed by atoms with van der Waals surface area (Å²) < 4.78 is 4.85. The van der Waals surface area contributed by atoms with Crippen molar-refractivity contribution in [1.82, 2.24) is 4.98 Å². The van der Waals surface area contributed by atoms with E-state index in [4.69, 9.17) is 4.74 Å². The highest BCUT2D eigenvalue weighted by Gasteiger charge is 2.03. The highest BCUT2D eigenvalue weighted by molar-refractivity contribution is 7.99. The molecule has 1 rings (SSSR count). The third-order valence-electron chi connectivity index (χ3n) is 1.97. The van der Waals surface area contributed by atoms with E-state index in [2.05, 4.69) is 17.2 Å². The summed E-state index contributed by atoms with van der Waals surface area (Å²) in [7, 11) is 0. The molecule has 0 unspecified atom stereocenters. The van der Waals surface area contributed by atoms with Crippen molar-refractivity contribution in [2.75, 3.05) is 24.2 Å². The first-order chi connectivity index (χ1) is 8.26. The van der Waals surface area contributed by atoms with Crippen molar-refractivity contribution < 1.29 is 9.53 Å². The van der Waals surface area contributed by atoms with Crippen molar-refractivity contribution >= 4 is 23.4 Å². The first kappa shape index (κ1) is 13.8. The third kappa shape index (κ3) is 5.58. The molecule has 1 aromatic heterocycles. The van der Waals surface area contributed by atoms with E-state index in [-0.39, 0.29) is 5.97 Å². The number of hydrogen-bond acceptors (Lipinski definition) is 5. The largest absolute Gasteiger partial charge is 0.465 e. The fraction of sp³-hybridized carbons (Fsp3) is 0.500. The van der Waals surface area contributed by atoms with Crippen LogP contribution in [0.1, 0.15) is 19.5 Å². The summed E-state index contributed by atoms with van der Waals surface area (Å²) in [6.07, 6.45) is 1.78. The van der Waals surface area contributed by atoms with Gasteiger partial charge in [-0.25, -0.2) is 0 Å². The van der Waals surface area contributed by atoms with Gasteiger partial charge in [0.15, 0.2) is 0 Å². The summed E-state index contributed by atoms with van der Waals surface area (Å²) in [4.78, 5) is 15.4. The van der Waals surface area contributed by atoms with Gasteiger partial charge >= 0.3 is 5.97 Å². The van der Waals surface area contributed by atoms with E-state index in [0.29, 0.717) is 12.4 Å². The van der Waals surface area contributed by atoms with Crippen LogP contribution in [0.2, 0.25) is 0 Å². The molecule has 0 fully saturated rings. The van der Waals surface area contributed by atoms with Crippen molar-refractivity contribution in [1.29, 1.82) is 0 Å². The molecule has 0 atom stereocenters. The Bertz CT molecular complexity index is 358. The third-order valence-corrected chi connectivity index (χ3v) is 2.91. The number of rotatable bonds is 7. The molecule has 0 bridgehead atoms. The van der Waals surface area contributed by atoms with Gasteiger partial charge in [-0.15, -0.1) is 11.8 Å². The molecule has 1 heterocycles. The Morgan fingerprint density at radius 2 is 2.35 bits per heavy atom. The zero-order valence-electron chi connectivity index (χ0n) is 10.2. The van der Waals surface area contributed by atoms with E-state index in [1.54, 1.807) is 6.20 Å². The SMILES string of the molecule is CCNc1ccnc(CSCC(=O)OCC)c1. The number of ether oxygens (including phenoxy) is 1. The smallest absolute Gasteiger partial charge is 0.315 e. The van der Waals surface area contributed by atoms with E-state index < -0.39 is 0 Å². The molecule has 0 aliphatic rings.